The summed E-state index contributed by atoms with van der Waals surface area (Å²) in [6.07, 6.45) is 0.736. The Balaban J connectivity index is 1.88. The van der Waals surface area contributed by atoms with Gasteiger partial charge in [0.15, 0.2) is 17.5 Å². The number of benzene rings is 2. The summed E-state index contributed by atoms with van der Waals surface area (Å²) in [6, 6.07) is 11.5. The van der Waals surface area contributed by atoms with Crippen molar-refractivity contribution in [2.75, 3.05) is 39.2 Å². The second kappa shape index (κ2) is 11.5. The van der Waals surface area contributed by atoms with Gasteiger partial charge in [0, 0.05) is 18.8 Å². The Morgan fingerprint density at radius 2 is 1.86 bits per heavy atom. The molecule has 156 valence electrons. The highest BCUT2D eigenvalue weighted by atomic mass is 19.1. The number of ether oxygens (including phenoxy) is 2. The van der Waals surface area contributed by atoms with Crippen molar-refractivity contribution in [1.29, 1.82) is 0 Å². The fourth-order valence-electron chi connectivity index (χ4n) is 2.62. The Morgan fingerprint density at radius 3 is 2.55 bits per heavy atom. The summed E-state index contributed by atoms with van der Waals surface area (Å²) in [4.78, 5) is 16.3. The minimum atomic E-state index is -0.406. The Morgan fingerprint density at radius 1 is 1.07 bits per heavy atom. The number of carbonyl (C=O) groups is 1. The molecule has 7 nitrogen and oxygen atoms in total. The summed E-state index contributed by atoms with van der Waals surface area (Å²) in [5.74, 6) is 1.16. The Kier molecular flexibility index (Phi) is 8.75. The smallest absolute Gasteiger partial charge is 0.246 e. The van der Waals surface area contributed by atoms with Crippen LogP contribution in [0.25, 0.3) is 0 Å². The predicted octanol–water partition coefficient (Wildman–Crippen LogP) is 2.58. The van der Waals surface area contributed by atoms with E-state index in [0.717, 1.165) is 12.0 Å². The van der Waals surface area contributed by atoms with Gasteiger partial charge in [0.25, 0.3) is 0 Å². The summed E-state index contributed by atoms with van der Waals surface area (Å²) in [7, 11) is 3.20. The first-order valence-electron chi connectivity index (χ1n) is 9.34. The van der Waals surface area contributed by atoms with Crippen molar-refractivity contribution in [1.82, 2.24) is 10.6 Å². The molecule has 0 bridgehead atoms. The van der Waals surface area contributed by atoms with Crippen LogP contribution in [0.3, 0.4) is 0 Å². The molecule has 0 aliphatic rings. The van der Waals surface area contributed by atoms with Gasteiger partial charge in [-0.05, 0) is 49.2 Å². The number of guanidine groups is 1. The third-order valence-corrected chi connectivity index (χ3v) is 3.99. The quantitative estimate of drug-likeness (QED) is 0.444. The molecule has 0 saturated carbocycles. The van der Waals surface area contributed by atoms with Gasteiger partial charge >= 0.3 is 0 Å². The average Bonchev–Trinajstić information content (AvgIpc) is 2.71. The third kappa shape index (κ3) is 7.33. The van der Waals surface area contributed by atoms with Crippen LogP contribution in [-0.2, 0) is 11.2 Å². The highest BCUT2D eigenvalue weighted by Crippen LogP contribution is 2.27. The van der Waals surface area contributed by atoms with E-state index in [-0.39, 0.29) is 12.5 Å². The lowest BCUT2D eigenvalue weighted by Gasteiger charge is -2.13. The van der Waals surface area contributed by atoms with Crippen LogP contribution in [0.5, 0.6) is 11.5 Å². The van der Waals surface area contributed by atoms with Gasteiger partial charge in [0.1, 0.15) is 12.4 Å². The number of nitrogens with zero attached hydrogens (tertiary/aromatic N) is 1. The van der Waals surface area contributed by atoms with E-state index in [2.05, 4.69) is 20.9 Å². The lowest BCUT2D eigenvalue weighted by molar-refractivity contribution is -0.114. The molecule has 8 heteroatoms. The van der Waals surface area contributed by atoms with E-state index in [4.69, 9.17) is 9.47 Å². The van der Waals surface area contributed by atoms with Crippen LogP contribution in [-0.4, -0.2) is 45.7 Å². The molecular weight excluding hydrogens is 375 g/mol. The van der Waals surface area contributed by atoms with Crippen LogP contribution < -0.4 is 25.4 Å². The maximum atomic E-state index is 13.2. The molecule has 0 atom stereocenters. The highest BCUT2D eigenvalue weighted by molar-refractivity contribution is 5.94. The molecule has 0 unspecified atom stereocenters. The molecule has 0 aromatic heterocycles. The summed E-state index contributed by atoms with van der Waals surface area (Å²) in [5, 5.41) is 8.90. The lowest BCUT2D eigenvalue weighted by Crippen LogP contribution is -2.39. The molecular formula is C21H27FN4O3. The topological polar surface area (TPSA) is 84.0 Å². The van der Waals surface area contributed by atoms with Crippen molar-refractivity contribution < 1.29 is 18.7 Å². The summed E-state index contributed by atoms with van der Waals surface area (Å²) < 4.78 is 23.7. The molecule has 0 heterocycles. The Hall–Kier alpha value is -3.29. The molecule has 0 fully saturated rings. The van der Waals surface area contributed by atoms with Crippen molar-refractivity contribution in [3.8, 4) is 11.5 Å². The van der Waals surface area contributed by atoms with Gasteiger partial charge < -0.3 is 25.4 Å². The fraction of sp³-hybridized carbons (Fsp3) is 0.333. The monoisotopic (exact) mass is 402 g/mol. The number of hydrogen-bond donors (Lipinski definition) is 3. The molecule has 29 heavy (non-hydrogen) atoms. The van der Waals surface area contributed by atoms with Crippen LogP contribution >= 0.6 is 0 Å². The van der Waals surface area contributed by atoms with E-state index in [1.165, 1.54) is 18.2 Å². The molecule has 0 aliphatic heterocycles. The van der Waals surface area contributed by atoms with Crippen LogP contribution in [0.1, 0.15) is 12.5 Å². The number of methoxy groups -OCH3 is 2. The van der Waals surface area contributed by atoms with Crippen molar-refractivity contribution >= 4 is 17.6 Å². The second-order valence-corrected chi connectivity index (χ2v) is 6.12. The van der Waals surface area contributed by atoms with E-state index in [1.54, 1.807) is 20.3 Å². The van der Waals surface area contributed by atoms with Gasteiger partial charge in [-0.2, -0.15) is 0 Å². The Labute approximate surface area is 170 Å². The summed E-state index contributed by atoms with van der Waals surface area (Å²) in [6.45, 7) is 3.14. The standard InChI is InChI=1S/C21H27FN4O3/c1-4-23-21(25-14-20(27)26-17-7-5-6-16(22)13-17)24-11-10-15-8-9-18(28-2)19(12-15)29-3/h5-9,12-13H,4,10-11,14H2,1-3H3,(H,26,27)(H2,23,24,25). The molecule has 0 spiro atoms. The van der Waals surface area contributed by atoms with Crippen LogP contribution in [0.4, 0.5) is 10.1 Å². The number of nitrogens with one attached hydrogen (secondary N) is 3. The maximum absolute atomic E-state index is 13.2. The first kappa shape index (κ1) is 22.0. The molecule has 2 aromatic carbocycles. The molecule has 0 saturated heterocycles. The third-order valence-electron chi connectivity index (χ3n) is 3.99. The molecule has 2 aromatic rings. The number of carbonyl (C=O) groups excluding carboxylic acids is 1. The fourth-order valence-corrected chi connectivity index (χ4v) is 2.62. The van der Waals surface area contributed by atoms with Crippen molar-refractivity contribution in [2.24, 2.45) is 4.99 Å². The first-order chi connectivity index (χ1) is 14.0. The Bertz CT molecular complexity index is 842. The number of halogens is 1. The SMILES string of the molecule is CCNC(=NCC(=O)Nc1cccc(F)c1)NCCc1ccc(OC)c(OC)c1. The zero-order chi connectivity index (χ0) is 21.1. The van der Waals surface area contributed by atoms with Crippen LogP contribution in [0, 0.1) is 5.82 Å². The van der Waals surface area contributed by atoms with Gasteiger partial charge in [-0.3, -0.25) is 4.79 Å². The summed E-state index contributed by atoms with van der Waals surface area (Å²) >= 11 is 0. The molecule has 0 aliphatic carbocycles. The van der Waals surface area contributed by atoms with Crippen molar-refractivity contribution in [3.05, 3.63) is 53.8 Å². The highest BCUT2D eigenvalue weighted by Gasteiger charge is 2.06. The average molecular weight is 402 g/mol. The van der Waals surface area contributed by atoms with Gasteiger partial charge in [0.2, 0.25) is 5.91 Å². The van der Waals surface area contributed by atoms with E-state index in [9.17, 15) is 9.18 Å². The predicted molar refractivity (Wildman–Crippen MR) is 112 cm³/mol. The number of amides is 1. The van der Waals surface area contributed by atoms with E-state index >= 15 is 0 Å². The van der Waals surface area contributed by atoms with Crippen molar-refractivity contribution in [3.63, 3.8) is 0 Å². The zero-order valence-electron chi connectivity index (χ0n) is 16.9. The minimum Gasteiger partial charge on any atom is -0.493 e. The van der Waals surface area contributed by atoms with Gasteiger partial charge in [-0.15, -0.1) is 0 Å². The molecule has 2 rings (SSSR count). The van der Waals surface area contributed by atoms with E-state index in [0.29, 0.717) is 36.2 Å². The number of rotatable bonds is 9. The number of aliphatic imine (C=N–C) groups is 1. The van der Waals surface area contributed by atoms with Gasteiger partial charge in [-0.1, -0.05) is 12.1 Å². The van der Waals surface area contributed by atoms with Gasteiger partial charge in [-0.25, -0.2) is 9.38 Å². The van der Waals surface area contributed by atoms with Gasteiger partial charge in [0.05, 0.1) is 14.2 Å². The van der Waals surface area contributed by atoms with Crippen molar-refractivity contribution in [2.45, 2.75) is 13.3 Å². The number of anilines is 1. The lowest BCUT2D eigenvalue weighted by atomic mass is 10.1. The van der Waals surface area contributed by atoms with Crippen LogP contribution in [0.2, 0.25) is 0 Å². The summed E-state index contributed by atoms with van der Waals surface area (Å²) in [5.41, 5.74) is 1.48. The molecule has 0 radical (unpaired) electrons. The first-order valence-corrected chi connectivity index (χ1v) is 9.34. The normalized spacial score (nSPS) is 11.0. The molecule has 3 N–H and O–H groups in total. The minimum absolute atomic E-state index is 0.0811. The number of hydrogen-bond acceptors (Lipinski definition) is 4. The van der Waals surface area contributed by atoms with E-state index in [1.807, 2.05) is 25.1 Å². The second-order valence-electron chi connectivity index (χ2n) is 6.12. The van der Waals surface area contributed by atoms with Crippen LogP contribution in [0.15, 0.2) is 47.5 Å². The molecule has 1 amide bonds. The largest absolute Gasteiger partial charge is 0.493 e. The zero-order valence-corrected chi connectivity index (χ0v) is 16.9. The van der Waals surface area contributed by atoms with E-state index < -0.39 is 5.82 Å². The maximum Gasteiger partial charge on any atom is 0.246 e.